The third kappa shape index (κ3) is 1.61. The molecular weight excluding hydrogens is 252 g/mol. The molecule has 102 valence electrons. The molecule has 1 aromatic rings. The zero-order valence-electron chi connectivity index (χ0n) is 10.0. The molecule has 0 radical (unpaired) electrons. The van der Waals surface area contributed by atoms with Crippen LogP contribution in [-0.2, 0) is 20.7 Å². The number of rotatable bonds is 2. The monoisotopic (exact) mass is 266 g/mol. The van der Waals surface area contributed by atoms with Crippen molar-refractivity contribution in [1.82, 2.24) is 0 Å². The first kappa shape index (κ1) is 12.6. The summed E-state index contributed by atoms with van der Waals surface area (Å²) in [6, 6.07) is 8.74. The standard InChI is InChI=1S/C13H14O6/c14-9-7-18-13(17)10(9)19-11(15)12(13,16)6-8-4-2-1-3-5-8/h1-5,9-10,14,16-17H,6-7H2/t9-,10+,12-,13-/m0/s1. The van der Waals surface area contributed by atoms with Crippen molar-refractivity contribution in [2.75, 3.05) is 6.61 Å². The molecule has 2 aliphatic rings. The van der Waals surface area contributed by atoms with Crippen molar-refractivity contribution in [2.45, 2.75) is 30.0 Å². The lowest BCUT2D eigenvalue weighted by Gasteiger charge is -2.31. The number of esters is 1. The molecule has 6 heteroatoms. The SMILES string of the molecule is O=C1O[C@@H]2[C@@H](O)CO[C@]2(O)[C@]1(O)Cc1ccccc1. The van der Waals surface area contributed by atoms with Crippen molar-refractivity contribution < 1.29 is 29.6 Å². The Morgan fingerprint density at radius 3 is 2.63 bits per heavy atom. The predicted molar refractivity (Wildman–Crippen MR) is 61.9 cm³/mol. The maximum Gasteiger partial charge on any atom is 0.344 e. The number of aliphatic hydroxyl groups is 3. The van der Waals surface area contributed by atoms with Gasteiger partial charge in [-0.1, -0.05) is 30.3 Å². The van der Waals surface area contributed by atoms with Crippen LogP contribution >= 0.6 is 0 Å². The second-order valence-corrected chi connectivity index (χ2v) is 4.92. The van der Waals surface area contributed by atoms with Crippen molar-refractivity contribution >= 4 is 5.97 Å². The van der Waals surface area contributed by atoms with Crippen LogP contribution in [0.15, 0.2) is 30.3 Å². The number of hydrogen-bond acceptors (Lipinski definition) is 6. The van der Waals surface area contributed by atoms with Gasteiger partial charge in [-0.25, -0.2) is 4.79 Å². The average Bonchev–Trinajstić information content (AvgIpc) is 2.78. The molecule has 0 spiro atoms. The fourth-order valence-electron chi connectivity index (χ4n) is 2.60. The van der Waals surface area contributed by atoms with Crippen LogP contribution in [0.25, 0.3) is 0 Å². The van der Waals surface area contributed by atoms with Crippen LogP contribution in [0.1, 0.15) is 5.56 Å². The van der Waals surface area contributed by atoms with Gasteiger partial charge >= 0.3 is 5.97 Å². The van der Waals surface area contributed by atoms with Crippen LogP contribution in [0.5, 0.6) is 0 Å². The Kier molecular flexibility index (Phi) is 2.65. The van der Waals surface area contributed by atoms with Crippen LogP contribution in [-0.4, -0.2) is 51.5 Å². The van der Waals surface area contributed by atoms with Crippen LogP contribution in [0, 0.1) is 0 Å². The Morgan fingerprint density at radius 2 is 1.95 bits per heavy atom. The van der Waals surface area contributed by atoms with E-state index < -0.39 is 29.6 Å². The van der Waals surface area contributed by atoms with E-state index in [1.165, 1.54) is 0 Å². The highest BCUT2D eigenvalue weighted by Gasteiger charge is 2.73. The van der Waals surface area contributed by atoms with Crippen LogP contribution in [0.4, 0.5) is 0 Å². The number of fused-ring (bicyclic) bond motifs is 1. The van der Waals surface area contributed by atoms with Gasteiger partial charge in [-0.2, -0.15) is 0 Å². The minimum absolute atomic E-state index is 0.146. The molecule has 19 heavy (non-hydrogen) atoms. The van der Waals surface area contributed by atoms with Crippen LogP contribution in [0.2, 0.25) is 0 Å². The van der Waals surface area contributed by atoms with Crippen molar-refractivity contribution in [3.63, 3.8) is 0 Å². The Hall–Kier alpha value is -1.47. The Labute approximate surface area is 109 Å². The number of hydrogen-bond donors (Lipinski definition) is 3. The van der Waals surface area contributed by atoms with E-state index in [9.17, 15) is 20.1 Å². The van der Waals surface area contributed by atoms with Crippen molar-refractivity contribution in [3.05, 3.63) is 35.9 Å². The molecule has 0 aromatic heterocycles. The number of aliphatic hydroxyl groups excluding tert-OH is 1. The zero-order chi connectivity index (χ0) is 13.7. The third-order valence-electron chi connectivity index (χ3n) is 3.68. The summed E-state index contributed by atoms with van der Waals surface area (Å²) in [5.74, 6) is -3.19. The quantitative estimate of drug-likeness (QED) is 0.592. The van der Waals surface area contributed by atoms with Crippen molar-refractivity contribution in [3.8, 4) is 0 Å². The normalized spacial score (nSPS) is 41.1. The summed E-state index contributed by atoms with van der Waals surface area (Å²) in [6.45, 7) is -0.189. The van der Waals surface area contributed by atoms with Gasteiger partial charge < -0.3 is 24.8 Å². The number of carbonyl (C=O) groups is 1. The maximum absolute atomic E-state index is 11.8. The summed E-state index contributed by atoms with van der Waals surface area (Å²) < 4.78 is 9.92. The van der Waals surface area contributed by atoms with E-state index in [2.05, 4.69) is 0 Å². The molecular formula is C13H14O6. The van der Waals surface area contributed by atoms with Gasteiger partial charge in [0.2, 0.25) is 11.4 Å². The molecule has 0 bridgehead atoms. The molecule has 2 aliphatic heterocycles. The molecule has 0 saturated carbocycles. The highest BCUT2D eigenvalue weighted by molar-refractivity contribution is 5.84. The molecule has 2 fully saturated rings. The largest absolute Gasteiger partial charge is 0.451 e. The van der Waals surface area contributed by atoms with E-state index >= 15 is 0 Å². The van der Waals surface area contributed by atoms with Gasteiger partial charge in [-0.05, 0) is 5.56 Å². The van der Waals surface area contributed by atoms with Gasteiger partial charge in [0.1, 0.15) is 6.10 Å². The van der Waals surface area contributed by atoms with Crippen LogP contribution in [0.3, 0.4) is 0 Å². The molecule has 6 nitrogen and oxygen atoms in total. The topological polar surface area (TPSA) is 96.2 Å². The highest BCUT2D eigenvalue weighted by Crippen LogP contribution is 2.44. The minimum atomic E-state index is -2.21. The summed E-state index contributed by atoms with van der Waals surface area (Å²) in [7, 11) is 0. The number of benzene rings is 1. The average molecular weight is 266 g/mol. The van der Waals surface area contributed by atoms with E-state index in [1.807, 2.05) is 0 Å². The lowest BCUT2D eigenvalue weighted by Crippen LogP contribution is -2.59. The van der Waals surface area contributed by atoms with Gasteiger partial charge in [0.15, 0.2) is 6.10 Å². The molecule has 0 unspecified atom stereocenters. The molecule has 4 atom stereocenters. The number of ether oxygens (including phenoxy) is 2. The van der Waals surface area contributed by atoms with E-state index in [0.717, 1.165) is 0 Å². The van der Waals surface area contributed by atoms with E-state index in [1.54, 1.807) is 30.3 Å². The Bertz CT molecular complexity index is 503. The first-order valence-corrected chi connectivity index (χ1v) is 5.99. The Balaban J connectivity index is 1.96. The smallest absolute Gasteiger partial charge is 0.344 e. The van der Waals surface area contributed by atoms with Gasteiger partial charge in [-0.15, -0.1) is 0 Å². The summed E-state index contributed by atoms with van der Waals surface area (Å²) in [5.41, 5.74) is -1.56. The molecule has 2 saturated heterocycles. The summed E-state index contributed by atoms with van der Waals surface area (Å²) in [5, 5.41) is 30.5. The molecule has 1 aromatic carbocycles. The van der Waals surface area contributed by atoms with Gasteiger partial charge in [-0.3, -0.25) is 0 Å². The van der Waals surface area contributed by atoms with E-state index in [-0.39, 0.29) is 13.0 Å². The molecule has 3 N–H and O–H groups in total. The van der Waals surface area contributed by atoms with Gasteiger partial charge in [0.05, 0.1) is 6.61 Å². The molecule has 0 aliphatic carbocycles. The van der Waals surface area contributed by atoms with Gasteiger partial charge in [0.25, 0.3) is 0 Å². The first-order chi connectivity index (χ1) is 8.97. The number of carbonyl (C=O) groups excluding carboxylic acids is 1. The maximum atomic E-state index is 11.8. The zero-order valence-corrected chi connectivity index (χ0v) is 10.0. The Morgan fingerprint density at radius 1 is 1.26 bits per heavy atom. The second-order valence-electron chi connectivity index (χ2n) is 4.92. The molecule has 2 heterocycles. The molecule has 0 amide bonds. The summed E-state index contributed by atoms with van der Waals surface area (Å²) >= 11 is 0. The van der Waals surface area contributed by atoms with Crippen molar-refractivity contribution in [2.24, 2.45) is 0 Å². The van der Waals surface area contributed by atoms with E-state index in [0.29, 0.717) is 5.56 Å². The fraction of sp³-hybridized carbons (Fsp3) is 0.462. The lowest BCUT2D eigenvalue weighted by molar-refractivity contribution is -0.262. The lowest BCUT2D eigenvalue weighted by atomic mass is 9.85. The third-order valence-corrected chi connectivity index (χ3v) is 3.68. The summed E-state index contributed by atoms with van der Waals surface area (Å²) in [4.78, 5) is 11.8. The van der Waals surface area contributed by atoms with E-state index in [4.69, 9.17) is 9.47 Å². The molecule has 3 rings (SSSR count). The second kappa shape index (κ2) is 4.01. The van der Waals surface area contributed by atoms with Crippen molar-refractivity contribution in [1.29, 1.82) is 0 Å². The van der Waals surface area contributed by atoms with Crippen LogP contribution < -0.4 is 0 Å². The van der Waals surface area contributed by atoms with Gasteiger partial charge in [0, 0.05) is 6.42 Å². The predicted octanol–water partition coefficient (Wildman–Crippen LogP) is -1.03. The summed E-state index contributed by atoms with van der Waals surface area (Å²) in [6.07, 6.45) is -2.54. The fourth-order valence-corrected chi connectivity index (χ4v) is 2.60. The minimum Gasteiger partial charge on any atom is -0.451 e. The first-order valence-electron chi connectivity index (χ1n) is 5.99. The highest BCUT2D eigenvalue weighted by atomic mass is 16.7.